The van der Waals surface area contributed by atoms with Crippen molar-refractivity contribution in [2.24, 2.45) is 5.92 Å². The molecule has 0 fully saturated rings. The Labute approximate surface area is 210 Å². The summed E-state index contributed by atoms with van der Waals surface area (Å²) < 4.78 is 5.25. The largest absolute Gasteiger partial charge is 0.497 e. The average molecular weight is 475 g/mol. The van der Waals surface area contributed by atoms with Crippen molar-refractivity contribution in [2.45, 2.75) is 18.3 Å². The number of ketones is 3. The van der Waals surface area contributed by atoms with E-state index in [0.717, 1.165) is 11.1 Å². The summed E-state index contributed by atoms with van der Waals surface area (Å²) in [5, 5.41) is 0. The number of fused-ring (bicyclic) bond motifs is 1. The fraction of sp³-hybridized carbons (Fsp3) is 0.156. The number of carbonyl (C=O) groups excluding carboxylic acids is 3. The van der Waals surface area contributed by atoms with Crippen LogP contribution < -0.4 is 4.74 Å². The lowest BCUT2D eigenvalue weighted by Crippen LogP contribution is -2.29. The van der Waals surface area contributed by atoms with Crippen LogP contribution in [0.15, 0.2) is 109 Å². The first-order valence-corrected chi connectivity index (χ1v) is 12.0. The van der Waals surface area contributed by atoms with Crippen molar-refractivity contribution in [1.29, 1.82) is 0 Å². The zero-order chi connectivity index (χ0) is 25.1. The molecule has 0 N–H and O–H groups in total. The average Bonchev–Trinajstić information content (AvgIpc) is 3.27. The van der Waals surface area contributed by atoms with Gasteiger partial charge in [0.2, 0.25) is 0 Å². The van der Waals surface area contributed by atoms with Crippen LogP contribution in [0.1, 0.15) is 60.5 Å². The van der Waals surface area contributed by atoms with Crippen molar-refractivity contribution in [3.63, 3.8) is 0 Å². The SMILES string of the molecule is COc1ccc(C(=O)[C@@H]2c3ccccc3[C@@H](CC(=O)c3ccccc3)[C@H]2C(=O)c2ccccc2)cc1. The zero-order valence-corrected chi connectivity index (χ0v) is 20.0. The highest BCUT2D eigenvalue weighted by Gasteiger charge is 2.48. The number of hydrogen-bond donors (Lipinski definition) is 0. The summed E-state index contributed by atoms with van der Waals surface area (Å²) in [7, 11) is 1.58. The summed E-state index contributed by atoms with van der Waals surface area (Å²) in [4.78, 5) is 41.3. The molecule has 0 saturated carbocycles. The molecule has 0 saturated heterocycles. The van der Waals surface area contributed by atoms with Gasteiger partial charge in [0.1, 0.15) is 5.75 Å². The molecule has 0 unspecified atom stereocenters. The van der Waals surface area contributed by atoms with Crippen LogP contribution in [0.4, 0.5) is 0 Å². The molecule has 0 heterocycles. The van der Waals surface area contributed by atoms with Crippen molar-refractivity contribution in [3.05, 3.63) is 137 Å². The fourth-order valence-corrected chi connectivity index (χ4v) is 5.30. The van der Waals surface area contributed by atoms with Crippen LogP contribution in [0.5, 0.6) is 5.75 Å². The molecule has 36 heavy (non-hydrogen) atoms. The Morgan fingerprint density at radius 2 is 1.14 bits per heavy atom. The van der Waals surface area contributed by atoms with E-state index in [1.165, 1.54) is 0 Å². The molecule has 1 aliphatic carbocycles. The monoisotopic (exact) mass is 474 g/mol. The first-order valence-electron chi connectivity index (χ1n) is 12.0. The molecule has 4 aromatic rings. The summed E-state index contributed by atoms with van der Waals surface area (Å²) in [6.45, 7) is 0. The van der Waals surface area contributed by atoms with Gasteiger partial charge in [0.15, 0.2) is 17.3 Å². The van der Waals surface area contributed by atoms with E-state index in [1.54, 1.807) is 55.6 Å². The molecular formula is C32H26O4. The Bertz CT molecular complexity index is 1390. The van der Waals surface area contributed by atoms with Gasteiger partial charge in [-0.3, -0.25) is 14.4 Å². The van der Waals surface area contributed by atoms with Crippen molar-refractivity contribution >= 4 is 17.3 Å². The number of methoxy groups -OCH3 is 1. The Kier molecular flexibility index (Phi) is 6.59. The molecule has 3 atom stereocenters. The fourth-order valence-electron chi connectivity index (χ4n) is 5.30. The highest BCUT2D eigenvalue weighted by Crippen LogP contribution is 2.51. The molecule has 0 spiro atoms. The molecule has 0 bridgehead atoms. The first-order chi connectivity index (χ1) is 17.6. The molecular weight excluding hydrogens is 448 g/mol. The van der Waals surface area contributed by atoms with E-state index in [0.29, 0.717) is 22.4 Å². The summed E-state index contributed by atoms with van der Waals surface area (Å²) in [6, 6.07) is 32.8. The maximum atomic E-state index is 14.0. The molecule has 4 aromatic carbocycles. The second kappa shape index (κ2) is 10.1. The molecule has 4 heteroatoms. The van der Waals surface area contributed by atoms with Gasteiger partial charge in [-0.1, -0.05) is 84.9 Å². The quantitative estimate of drug-likeness (QED) is 0.272. The molecule has 0 radical (unpaired) electrons. The zero-order valence-electron chi connectivity index (χ0n) is 20.0. The molecule has 0 aliphatic heterocycles. The Morgan fingerprint density at radius 3 is 1.75 bits per heavy atom. The van der Waals surface area contributed by atoms with Crippen molar-refractivity contribution in [3.8, 4) is 5.75 Å². The third-order valence-corrected chi connectivity index (χ3v) is 7.04. The Hall–Kier alpha value is -4.31. The molecule has 5 rings (SSSR count). The second-order valence-corrected chi connectivity index (χ2v) is 9.06. The number of hydrogen-bond acceptors (Lipinski definition) is 4. The van der Waals surface area contributed by atoms with E-state index >= 15 is 0 Å². The molecule has 4 nitrogen and oxygen atoms in total. The first kappa shape index (κ1) is 23.4. The van der Waals surface area contributed by atoms with Crippen LogP contribution in [-0.2, 0) is 0 Å². The predicted molar refractivity (Wildman–Crippen MR) is 139 cm³/mol. The lowest BCUT2D eigenvalue weighted by Gasteiger charge is -2.24. The smallest absolute Gasteiger partial charge is 0.171 e. The maximum Gasteiger partial charge on any atom is 0.171 e. The van der Waals surface area contributed by atoms with E-state index in [4.69, 9.17) is 4.74 Å². The molecule has 0 amide bonds. The van der Waals surface area contributed by atoms with Gasteiger partial charge in [-0.25, -0.2) is 0 Å². The topological polar surface area (TPSA) is 60.4 Å². The Balaban J connectivity index is 1.60. The number of carbonyl (C=O) groups is 3. The standard InChI is InChI=1S/C32H26O4/c1-36-24-18-16-23(17-19-24)32(35)29-26-15-9-8-14-25(26)27(20-28(33)21-10-4-2-5-11-21)30(29)31(34)22-12-6-3-7-13-22/h2-19,27,29-30H,20H2,1H3/t27-,29-,30-/m1/s1. The summed E-state index contributed by atoms with van der Waals surface area (Å²) >= 11 is 0. The number of rotatable bonds is 8. The minimum atomic E-state index is -0.688. The summed E-state index contributed by atoms with van der Waals surface area (Å²) in [6.07, 6.45) is 0.149. The predicted octanol–water partition coefficient (Wildman–Crippen LogP) is 6.53. The van der Waals surface area contributed by atoms with Crippen LogP contribution in [0.3, 0.4) is 0 Å². The van der Waals surface area contributed by atoms with Gasteiger partial charge in [0, 0.05) is 34.9 Å². The van der Waals surface area contributed by atoms with Crippen molar-refractivity contribution in [2.75, 3.05) is 7.11 Å². The van der Waals surface area contributed by atoms with Gasteiger partial charge in [-0.2, -0.15) is 0 Å². The number of ether oxygens (including phenoxy) is 1. The van der Waals surface area contributed by atoms with Gasteiger partial charge in [-0.05, 0) is 35.4 Å². The van der Waals surface area contributed by atoms with Gasteiger partial charge in [-0.15, -0.1) is 0 Å². The summed E-state index contributed by atoms with van der Waals surface area (Å²) in [5.74, 6) is -1.42. The van der Waals surface area contributed by atoms with E-state index in [-0.39, 0.29) is 23.8 Å². The highest BCUT2D eigenvalue weighted by atomic mass is 16.5. The summed E-state index contributed by atoms with van der Waals surface area (Å²) in [5.41, 5.74) is 3.36. The molecule has 178 valence electrons. The van der Waals surface area contributed by atoms with Crippen LogP contribution in [0.2, 0.25) is 0 Å². The van der Waals surface area contributed by atoms with E-state index < -0.39 is 17.8 Å². The minimum Gasteiger partial charge on any atom is -0.497 e. The van der Waals surface area contributed by atoms with Crippen molar-refractivity contribution in [1.82, 2.24) is 0 Å². The van der Waals surface area contributed by atoms with E-state index in [1.807, 2.05) is 60.7 Å². The van der Waals surface area contributed by atoms with Gasteiger partial charge < -0.3 is 4.74 Å². The maximum absolute atomic E-state index is 14.0. The number of benzene rings is 4. The van der Waals surface area contributed by atoms with Gasteiger partial charge >= 0.3 is 0 Å². The van der Waals surface area contributed by atoms with Crippen LogP contribution in [0, 0.1) is 5.92 Å². The van der Waals surface area contributed by atoms with E-state index in [2.05, 4.69) is 0 Å². The Morgan fingerprint density at radius 1 is 0.611 bits per heavy atom. The lowest BCUT2D eigenvalue weighted by molar-refractivity contribution is 0.0799. The minimum absolute atomic E-state index is 0.0428. The van der Waals surface area contributed by atoms with Gasteiger partial charge in [0.05, 0.1) is 13.0 Å². The van der Waals surface area contributed by atoms with Crippen LogP contribution in [0.25, 0.3) is 0 Å². The second-order valence-electron chi connectivity index (χ2n) is 9.06. The van der Waals surface area contributed by atoms with Crippen LogP contribution >= 0.6 is 0 Å². The third kappa shape index (κ3) is 4.38. The van der Waals surface area contributed by atoms with Gasteiger partial charge in [0.25, 0.3) is 0 Å². The molecule has 0 aromatic heterocycles. The van der Waals surface area contributed by atoms with Crippen molar-refractivity contribution < 1.29 is 19.1 Å². The van der Waals surface area contributed by atoms with E-state index in [9.17, 15) is 14.4 Å². The third-order valence-electron chi connectivity index (χ3n) is 7.04. The lowest BCUT2D eigenvalue weighted by atomic mass is 9.76. The highest BCUT2D eigenvalue weighted by molar-refractivity contribution is 6.09. The molecule has 1 aliphatic rings. The van der Waals surface area contributed by atoms with Crippen LogP contribution in [-0.4, -0.2) is 24.5 Å². The normalized spacial score (nSPS) is 18.3. The number of Topliss-reactive ketones (excluding diaryl/α,β-unsaturated/α-hetero) is 3.